The number of pyridine rings is 1. The minimum Gasteiger partial charge on any atom is -0.444 e. The molecule has 2 aromatic heterocycles. The lowest BCUT2D eigenvalue weighted by molar-refractivity contribution is 0.0219. The highest BCUT2D eigenvalue weighted by atomic mass is 16.6. The van der Waals surface area contributed by atoms with Crippen molar-refractivity contribution in [1.29, 1.82) is 0 Å². The summed E-state index contributed by atoms with van der Waals surface area (Å²) in [5.41, 5.74) is 0.400. The van der Waals surface area contributed by atoms with Gasteiger partial charge in [-0.15, -0.1) is 0 Å². The first-order chi connectivity index (χ1) is 11.9. The molecule has 1 fully saturated rings. The van der Waals surface area contributed by atoms with E-state index in [0.717, 1.165) is 31.4 Å². The van der Waals surface area contributed by atoms with Crippen molar-refractivity contribution in [1.82, 2.24) is 20.0 Å². The van der Waals surface area contributed by atoms with Gasteiger partial charge in [-0.1, -0.05) is 5.16 Å². The van der Waals surface area contributed by atoms with Crippen LogP contribution in [-0.2, 0) is 11.2 Å². The molecular formula is C18H24N4O3. The average molecular weight is 344 g/mol. The molecule has 25 heavy (non-hydrogen) atoms. The average Bonchev–Trinajstić information content (AvgIpc) is 3.21. The zero-order valence-corrected chi connectivity index (χ0v) is 14.9. The first kappa shape index (κ1) is 17.4. The summed E-state index contributed by atoms with van der Waals surface area (Å²) in [5.74, 6) is 1.15. The van der Waals surface area contributed by atoms with E-state index >= 15 is 0 Å². The normalized spacial score (nSPS) is 17.7. The van der Waals surface area contributed by atoms with Gasteiger partial charge < -0.3 is 14.2 Å². The number of hydrogen-bond acceptors (Lipinski definition) is 6. The van der Waals surface area contributed by atoms with Crippen molar-refractivity contribution in [3.05, 3.63) is 30.4 Å². The summed E-state index contributed by atoms with van der Waals surface area (Å²) < 4.78 is 10.8. The molecule has 1 amide bonds. The second kappa shape index (κ2) is 7.21. The maximum atomic E-state index is 12.3. The lowest BCUT2D eigenvalue weighted by Gasteiger charge is -2.28. The zero-order chi connectivity index (χ0) is 17.9. The monoisotopic (exact) mass is 344 g/mol. The van der Waals surface area contributed by atoms with Crippen molar-refractivity contribution in [2.75, 3.05) is 6.54 Å². The molecule has 0 radical (unpaired) electrons. The highest BCUT2D eigenvalue weighted by molar-refractivity contribution is 5.68. The van der Waals surface area contributed by atoms with Crippen molar-refractivity contribution in [2.45, 2.75) is 58.1 Å². The van der Waals surface area contributed by atoms with E-state index in [0.29, 0.717) is 18.1 Å². The van der Waals surface area contributed by atoms with Crippen LogP contribution < -0.4 is 0 Å². The molecule has 7 heteroatoms. The second-order valence-corrected chi connectivity index (χ2v) is 7.26. The van der Waals surface area contributed by atoms with Crippen LogP contribution in [0.1, 0.15) is 45.9 Å². The van der Waals surface area contributed by atoms with Gasteiger partial charge in [0.1, 0.15) is 5.60 Å². The molecule has 0 unspecified atom stereocenters. The fraction of sp³-hybridized carbons (Fsp3) is 0.556. The Labute approximate surface area is 147 Å². The molecule has 7 nitrogen and oxygen atoms in total. The minimum absolute atomic E-state index is 0.158. The molecule has 0 aromatic carbocycles. The fourth-order valence-corrected chi connectivity index (χ4v) is 2.96. The summed E-state index contributed by atoms with van der Waals surface area (Å²) in [4.78, 5) is 22.6. The summed E-state index contributed by atoms with van der Waals surface area (Å²) >= 11 is 0. The van der Waals surface area contributed by atoms with E-state index in [9.17, 15) is 4.79 Å². The van der Waals surface area contributed by atoms with Crippen molar-refractivity contribution >= 4 is 6.09 Å². The summed E-state index contributed by atoms with van der Waals surface area (Å²) in [6.45, 7) is 6.39. The molecule has 1 atom stereocenters. The molecule has 134 valence electrons. The maximum absolute atomic E-state index is 12.3. The number of aromatic nitrogens is 3. The van der Waals surface area contributed by atoms with E-state index in [4.69, 9.17) is 9.26 Å². The topological polar surface area (TPSA) is 81.4 Å². The van der Waals surface area contributed by atoms with Crippen LogP contribution in [0.25, 0.3) is 11.4 Å². The highest BCUT2D eigenvalue weighted by Crippen LogP contribution is 2.24. The number of hydrogen-bond donors (Lipinski definition) is 0. The van der Waals surface area contributed by atoms with E-state index in [2.05, 4.69) is 15.1 Å². The first-order valence-electron chi connectivity index (χ1n) is 8.65. The van der Waals surface area contributed by atoms with Crippen LogP contribution in [0.2, 0.25) is 0 Å². The highest BCUT2D eigenvalue weighted by Gasteiger charge is 2.32. The lowest BCUT2D eigenvalue weighted by Crippen LogP contribution is -2.40. The molecule has 3 heterocycles. The Bertz CT molecular complexity index is 709. The Balaban J connectivity index is 1.58. The molecule has 0 N–H and O–H groups in total. The van der Waals surface area contributed by atoms with Gasteiger partial charge in [0.25, 0.3) is 0 Å². The van der Waals surface area contributed by atoms with Gasteiger partial charge in [0.2, 0.25) is 11.7 Å². The van der Waals surface area contributed by atoms with Gasteiger partial charge in [-0.25, -0.2) is 4.79 Å². The number of nitrogens with zero attached hydrogens (tertiary/aromatic N) is 4. The third-order valence-corrected chi connectivity index (χ3v) is 4.10. The van der Waals surface area contributed by atoms with Gasteiger partial charge in [0, 0.05) is 37.0 Å². The number of aryl methyl sites for hydroxylation is 1. The Morgan fingerprint density at radius 2 is 2.12 bits per heavy atom. The fourth-order valence-electron chi connectivity index (χ4n) is 2.96. The van der Waals surface area contributed by atoms with E-state index < -0.39 is 5.60 Å². The summed E-state index contributed by atoms with van der Waals surface area (Å²) in [6.07, 6.45) is 6.56. The third-order valence-electron chi connectivity index (χ3n) is 4.10. The van der Waals surface area contributed by atoms with Crippen LogP contribution in [0.3, 0.4) is 0 Å². The van der Waals surface area contributed by atoms with E-state index in [1.54, 1.807) is 12.4 Å². The molecule has 3 rings (SSSR count). The molecule has 1 aliphatic rings. The quantitative estimate of drug-likeness (QED) is 0.845. The van der Waals surface area contributed by atoms with Crippen LogP contribution in [-0.4, -0.2) is 44.3 Å². The Morgan fingerprint density at radius 1 is 1.36 bits per heavy atom. The molecule has 1 saturated heterocycles. The number of ether oxygens (including phenoxy) is 1. The smallest absolute Gasteiger partial charge is 0.410 e. The van der Waals surface area contributed by atoms with Gasteiger partial charge in [0.05, 0.1) is 0 Å². The Kier molecular flexibility index (Phi) is 5.01. The Hall–Kier alpha value is -2.44. The number of likely N-dealkylation sites (tertiary alicyclic amines) is 1. The summed E-state index contributed by atoms with van der Waals surface area (Å²) in [7, 11) is 0. The SMILES string of the molecule is CC(C)(C)OC(=O)N1CCC[C@H]1CCc1nc(-c2ccncc2)no1. The summed E-state index contributed by atoms with van der Waals surface area (Å²) in [5, 5.41) is 4.02. The van der Waals surface area contributed by atoms with E-state index in [1.807, 2.05) is 37.8 Å². The third kappa shape index (κ3) is 4.55. The minimum atomic E-state index is -0.476. The second-order valence-electron chi connectivity index (χ2n) is 7.26. The number of carbonyl (C=O) groups is 1. The predicted octanol–water partition coefficient (Wildman–Crippen LogP) is 3.46. The van der Waals surface area contributed by atoms with Gasteiger partial charge in [-0.3, -0.25) is 4.98 Å². The number of rotatable bonds is 4. The van der Waals surface area contributed by atoms with Crippen LogP contribution in [0.15, 0.2) is 29.0 Å². The van der Waals surface area contributed by atoms with Crippen LogP contribution >= 0.6 is 0 Å². The van der Waals surface area contributed by atoms with Crippen molar-refractivity contribution in [2.24, 2.45) is 0 Å². The van der Waals surface area contributed by atoms with Crippen molar-refractivity contribution in [3.8, 4) is 11.4 Å². The van der Waals surface area contributed by atoms with Crippen molar-refractivity contribution in [3.63, 3.8) is 0 Å². The summed E-state index contributed by atoms with van der Waals surface area (Å²) in [6, 6.07) is 3.84. The van der Waals surface area contributed by atoms with Crippen molar-refractivity contribution < 1.29 is 14.1 Å². The van der Waals surface area contributed by atoms with E-state index in [1.165, 1.54) is 0 Å². The lowest BCUT2D eigenvalue weighted by atomic mass is 10.1. The van der Waals surface area contributed by atoms with Gasteiger partial charge in [-0.2, -0.15) is 4.98 Å². The predicted molar refractivity (Wildman–Crippen MR) is 91.8 cm³/mol. The first-order valence-corrected chi connectivity index (χ1v) is 8.65. The Morgan fingerprint density at radius 3 is 2.84 bits per heavy atom. The van der Waals surface area contributed by atoms with E-state index in [-0.39, 0.29) is 12.1 Å². The molecule has 0 spiro atoms. The largest absolute Gasteiger partial charge is 0.444 e. The van der Waals surface area contributed by atoms with Gasteiger partial charge in [-0.05, 0) is 52.2 Å². The zero-order valence-electron chi connectivity index (χ0n) is 14.9. The molecule has 0 aliphatic carbocycles. The van der Waals surface area contributed by atoms with Crippen LogP contribution in [0, 0.1) is 0 Å². The van der Waals surface area contributed by atoms with Gasteiger partial charge >= 0.3 is 6.09 Å². The number of carbonyl (C=O) groups excluding carboxylic acids is 1. The molecular weight excluding hydrogens is 320 g/mol. The maximum Gasteiger partial charge on any atom is 0.410 e. The standard InChI is InChI=1S/C18H24N4O3/c1-18(2,3)24-17(23)22-12-4-5-14(22)6-7-15-20-16(21-25-15)13-8-10-19-11-9-13/h8-11,14H,4-7,12H2,1-3H3/t14-/m0/s1. The van der Waals surface area contributed by atoms with Crippen LogP contribution in [0.5, 0.6) is 0 Å². The van der Waals surface area contributed by atoms with Crippen LogP contribution in [0.4, 0.5) is 4.79 Å². The van der Waals surface area contributed by atoms with Gasteiger partial charge in [0.15, 0.2) is 0 Å². The number of amides is 1. The molecule has 0 saturated carbocycles. The molecule has 2 aromatic rings. The molecule has 1 aliphatic heterocycles. The molecule has 0 bridgehead atoms.